The van der Waals surface area contributed by atoms with Crippen molar-refractivity contribution in [3.05, 3.63) is 81.8 Å². The van der Waals surface area contributed by atoms with Gasteiger partial charge >= 0.3 is 5.97 Å². The summed E-state index contributed by atoms with van der Waals surface area (Å²) in [6, 6.07) is 13.2. The maximum absolute atomic E-state index is 12.3. The Kier molecular flexibility index (Phi) is 6.39. The zero-order valence-corrected chi connectivity index (χ0v) is 15.7. The molecule has 0 aliphatic heterocycles. The van der Waals surface area contributed by atoms with Crippen LogP contribution in [-0.2, 0) is 4.74 Å². The highest BCUT2D eigenvalue weighted by molar-refractivity contribution is 6.00. The number of nitro benzene ring substituents is 1. The fourth-order valence-electron chi connectivity index (χ4n) is 2.40. The van der Waals surface area contributed by atoms with E-state index in [1.165, 1.54) is 36.5 Å². The maximum Gasteiger partial charge on any atom is 0.338 e. The van der Waals surface area contributed by atoms with E-state index in [-0.39, 0.29) is 28.2 Å². The van der Waals surface area contributed by atoms with Gasteiger partial charge in [0.05, 0.1) is 10.5 Å². The van der Waals surface area contributed by atoms with Gasteiger partial charge in [0.1, 0.15) is 11.6 Å². The van der Waals surface area contributed by atoms with Crippen LogP contribution in [0.15, 0.2) is 54.7 Å². The highest BCUT2D eigenvalue weighted by atomic mass is 16.6. The first-order valence-electron chi connectivity index (χ1n) is 8.63. The Hall–Kier alpha value is -4.92. The number of aromatic nitrogens is 4. The molecule has 2 aromatic carbocycles. The van der Waals surface area contributed by atoms with Crippen molar-refractivity contribution in [2.24, 2.45) is 0 Å². The van der Waals surface area contributed by atoms with Crippen LogP contribution in [0, 0.1) is 21.4 Å². The largest absolute Gasteiger partial charge is 0.454 e. The van der Waals surface area contributed by atoms with Crippen LogP contribution in [-0.4, -0.2) is 43.9 Å². The van der Waals surface area contributed by atoms with Crippen LogP contribution in [0.1, 0.15) is 26.5 Å². The lowest BCUT2D eigenvalue weighted by Crippen LogP contribution is -2.14. The molecular weight excluding hydrogens is 406 g/mol. The van der Waals surface area contributed by atoms with E-state index in [4.69, 9.17) is 10.00 Å². The number of esters is 1. The molecule has 3 aromatic rings. The molecule has 0 aliphatic rings. The summed E-state index contributed by atoms with van der Waals surface area (Å²) in [6.07, 6.45) is 1.35. The van der Waals surface area contributed by atoms with Crippen LogP contribution in [0.2, 0.25) is 0 Å². The number of tetrazole rings is 1. The predicted molar refractivity (Wildman–Crippen MR) is 106 cm³/mol. The second-order valence-electron chi connectivity index (χ2n) is 5.94. The van der Waals surface area contributed by atoms with Crippen LogP contribution in [0.25, 0.3) is 5.57 Å². The summed E-state index contributed by atoms with van der Waals surface area (Å²) < 4.78 is 5.02. The third-order valence-electron chi connectivity index (χ3n) is 3.90. The van der Waals surface area contributed by atoms with Crippen molar-refractivity contribution < 1.29 is 19.2 Å². The molecule has 0 spiro atoms. The number of Topliss-reactive ketones (excluding diaryl/α,β-unsaturated/α-hetero) is 1. The molecule has 0 saturated heterocycles. The minimum absolute atomic E-state index is 0.0630. The molecule has 0 unspecified atom stereocenters. The molecule has 0 amide bonds. The monoisotopic (exact) mass is 419 g/mol. The minimum Gasteiger partial charge on any atom is -0.454 e. The number of carbonyl (C=O) groups is 2. The van der Waals surface area contributed by atoms with Gasteiger partial charge in [-0.15, -0.1) is 10.2 Å². The highest BCUT2D eigenvalue weighted by Gasteiger charge is 2.15. The number of carbonyl (C=O) groups excluding carboxylic acids is 2. The molecule has 1 aromatic heterocycles. The summed E-state index contributed by atoms with van der Waals surface area (Å²) in [7, 11) is 0. The molecule has 0 aliphatic carbocycles. The number of aromatic amines is 1. The number of nitrogens with one attached hydrogen (secondary N) is 2. The van der Waals surface area contributed by atoms with Gasteiger partial charge in [-0.3, -0.25) is 14.9 Å². The van der Waals surface area contributed by atoms with Gasteiger partial charge in [-0.05, 0) is 23.4 Å². The number of rotatable bonds is 8. The second-order valence-corrected chi connectivity index (χ2v) is 5.94. The second kappa shape index (κ2) is 9.52. The Labute approximate surface area is 174 Å². The van der Waals surface area contributed by atoms with Crippen LogP contribution >= 0.6 is 0 Å². The number of H-pyrrole nitrogens is 1. The smallest absolute Gasteiger partial charge is 0.338 e. The zero-order chi connectivity index (χ0) is 22.2. The standard InChI is InChI=1S/C19H13N7O5/c20-9-14(18-22-24-25-23-18)10-21-15-5-1-4-13(7-15)19(28)31-11-17(27)12-3-2-6-16(8-12)26(29)30/h1-8,10,21H,11H2,(H,22,23,24,25). The summed E-state index contributed by atoms with van der Waals surface area (Å²) in [4.78, 5) is 34.6. The van der Waals surface area contributed by atoms with Crippen LogP contribution in [0.3, 0.4) is 0 Å². The summed E-state index contributed by atoms with van der Waals surface area (Å²) in [5.74, 6) is -1.23. The first-order chi connectivity index (χ1) is 15.0. The molecule has 1 heterocycles. The van der Waals surface area contributed by atoms with Crippen LogP contribution in [0.5, 0.6) is 0 Å². The number of non-ortho nitro benzene ring substituents is 1. The number of hydrogen-bond donors (Lipinski definition) is 2. The molecule has 12 nitrogen and oxygen atoms in total. The summed E-state index contributed by atoms with van der Waals surface area (Å²) >= 11 is 0. The predicted octanol–water partition coefficient (Wildman–Crippen LogP) is 2.12. The third-order valence-corrected chi connectivity index (χ3v) is 3.90. The lowest BCUT2D eigenvalue weighted by atomic mass is 10.1. The van der Waals surface area contributed by atoms with Gasteiger partial charge in [-0.25, -0.2) is 4.79 Å². The number of benzene rings is 2. The minimum atomic E-state index is -0.759. The van der Waals surface area contributed by atoms with E-state index in [1.807, 2.05) is 6.07 Å². The van der Waals surface area contributed by atoms with Gasteiger partial charge in [0, 0.05) is 29.6 Å². The van der Waals surface area contributed by atoms with E-state index in [2.05, 4.69) is 25.9 Å². The van der Waals surface area contributed by atoms with E-state index >= 15 is 0 Å². The Morgan fingerprint density at radius 3 is 2.71 bits per heavy atom. The first kappa shape index (κ1) is 20.8. The molecule has 31 heavy (non-hydrogen) atoms. The van der Waals surface area contributed by atoms with E-state index in [0.717, 1.165) is 6.07 Å². The number of ketones is 1. The van der Waals surface area contributed by atoms with Gasteiger partial charge in [0.25, 0.3) is 5.69 Å². The Balaban J connectivity index is 1.64. The molecular formula is C19H13N7O5. The van der Waals surface area contributed by atoms with E-state index in [1.54, 1.807) is 12.1 Å². The highest BCUT2D eigenvalue weighted by Crippen LogP contribution is 2.16. The summed E-state index contributed by atoms with van der Waals surface area (Å²) in [6.45, 7) is -0.575. The average molecular weight is 419 g/mol. The number of nitro groups is 1. The molecule has 0 atom stereocenters. The Morgan fingerprint density at radius 2 is 2.00 bits per heavy atom. The zero-order valence-electron chi connectivity index (χ0n) is 15.7. The fraction of sp³-hybridized carbons (Fsp3) is 0.0526. The summed E-state index contributed by atoms with van der Waals surface area (Å²) in [5, 5.41) is 35.8. The molecule has 2 N–H and O–H groups in total. The third kappa shape index (κ3) is 5.33. The fourth-order valence-corrected chi connectivity index (χ4v) is 2.40. The molecule has 0 saturated carbocycles. The van der Waals surface area contributed by atoms with Crippen molar-refractivity contribution >= 4 is 28.7 Å². The van der Waals surface area contributed by atoms with Crippen LogP contribution in [0.4, 0.5) is 11.4 Å². The Morgan fingerprint density at radius 1 is 1.23 bits per heavy atom. The number of nitriles is 1. The molecule has 0 fully saturated rings. The number of ether oxygens (including phenoxy) is 1. The van der Waals surface area contributed by atoms with Crippen molar-refractivity contribution in [2.45, 2.75) is 0 Å². The lowest BCUT2D eigenvalue weighted by Gasteiger charge is -2.07. The van der Waals surface area contributed by atoms with E-state index in [9.17, 15) is 19.7 Å². The number of allylic oxidation sites excluding steroid dienone is 1. The topological polar surface area (TPSA) is 177 Å². The van der Waals surface area contributed by atoms with Crippen LogP contribution < -0.4 is 5.32 Å². The Bertz CT molecular complexity index is 1200. The van der Waals surface area contributed by atoms with Crippen molar-refractivity contribution in [1.82, 2.24) is 20.6 Å². The maximum atomic E-state index is 12.3. The van der Waals surface area contributed by atoms with Gasteiger partial charge in [0.2, 0.25) is 11.6 Å². The molecule has 3 rings (SSSR count). The first-order valence-corrected chi connectivity index (χ1v) is 8.63. The summed E-state index contributed by atoms with van der Waals surface area (Å²) in [5.41, 5.74) is 0.568. The quantitative estimate of drug-likeness (QED) is 0.181. The average Bonchev–Trinajstić information content (AvgIpc) is 3.32. The number of anilines is 1. The van der Waals surface area contributed by atoms with Crippen molar-refractivity contribution in [2.75, 3.05) is 11.9 Å². The molecule has 0 bridgehead atoms. The molecule has 0 radical (unpaired) electrons. The molecule has 154 valence electrons. The van der Waals surface area contributed by atoms with Gasteiger partial charge < -0.3 is 10.1 Å². The SMILES string of the molecule is N#CC(=CNc1cccc(C(=O)OCC(=O)c2cccc([N+](=O)[O-])c2)c1)c1nn[nH]n1. The van der Waals surface area contributed by atoms with Crippen molar-refractivity contribution in [3.8, 4) is 6.07 Å². The number of hydrogen-bond acceptors (Lipinski definition) is 10. The molecule has 12 heteroatoms. The van der Waals surface area contributed by atoms with E-state index < -0.39 is 23.3 Å². The van der Waals surface area contributed by atoms with Gasteiger partial charge in [0.15, 0.2) is 6.61 Å². The number of nitrogens with zero attached hydrogens (tertiary/aromatic N) is 5. The van der Waals surface area contributed by atoms with Crippen molar-refractivity contribution in [3.63, 3.8) is 0 Å². The van der Waals surface area contributed by atoms with Gasteiger partial charge in [-0.2, -0.15) is 10.5 Å². The van der Waals surface area contributed by atoms with Gasteiger partial charge in [-0.1, -0.05) is 18.2 Å². The lowest BCUT2D eigenvalue weighted by molar-refractivity contribution is -0.384. The normalized spacial score (nSPS) is 10.7. The van der Waals surface area contributed by atoms with E-state index in [0.29, 0.717) is 5.69 Å². The van der Waals surface area contributed by atoms with Crippen molar-refractivity contribution in [1.29, 1.82) is 5.26 Å².